The zero-order valence-electron chi connectivity index (χ0n) is 21.7. The SMILES string of the molecule is C.C.C.C.C.C.C.CCC(C)(C)C(=O)OC.CCC(C)c1ccc2c(c1)CC2.CCC(C)c1ccccc1.[Y]. The van der Waals surface area contributed by atoms with Crippen molar-refractivity contribution >= 4 is 5.97 Å². The fraction of sp³-hybridized carbons (Fsp3) is 0.639. The normalized spacial score (nSPS) is 11.0. The van der Waals surface area contributed by atoms with Gasteiger partial charge in [0.1, 0.15) is 0 Å². The van der Waals surface area contributed by atoms with Crippen LogP contribution in [0.25, 0.3) is 0 Å². The third-order valence-corrected chi connectivity index (χ3v) is 6.68. The van der Waals surface area contributed by atoms with Gasteiger partial charge < -0.3 is 4.74 Å². The van der Waals surface area contributed by atoms with Crippen molar-refractivity contribution in [2.75, 3.05) is 7.11 Å². The summed E-state index contributed by atoms with van der Waals surface area (Å²) < 4.78 is 4.57. The number of fused-ring (bicyclic) bond motifs is 1. The van der Waals surface area contributed by atoms with Gasteiger partial charge in [-0.3, -0.25) is 4.79 Å². The summed E-state index contributed by atoms with van der Waals surface area (Å²) in [5, 5.41) is 0. The van der Waals surface area contributed by atoms with Gasteiger partial charge in [0, 0.05) is 32.7 Å². The van der Waals surface area contributed by atoms with Crippen LogP contribution >= 0.6 is 0 Å². The van der Waals surface area contributed by atoms with Gasteiger partial charge in [0.05, 0.1) is 12.5 Å². The molecule has 0 fully saturated rings. The van der Waals surface area contributed by atoms with Gasteiger partial charge in [-0.15, -0.1) is 0 Å². The molecule has 2 nitrogen and oxygen atoms in total. The van der Waals surface area contributed by atoms with E-state index in [1.165, 1.54) is 43.9 Å². The summed E-state index contributed by atoms with van der Waals surface area (Å²) in [5.74, 6) is 1.31. The molecule has 0 heterocycles. The third-order valence-electron chi connectivity index (χ3n) is 6.68. The number of aryl methyl sites for hydroxylation is 2. The predicted octanol–water partition coefficient (Wildman–Crippen LogP) is 12.5. The maximum Gasteiger partial charge on any atom is 0.311 e. The van der Waals surface area contributed by atoms with Crippen molar-refractivity contribution < 1.29 is 42.2 Å². The molecular formula is C36H72O2Y. The topological polar surface area (TPSA) is 26.3 Å². The molecule has 0 aromatic heterocycles. The van der Waals surface area contributed by atoms with E-state index in [1.54, 1.807) is 11.1 Å². The van der Waals surface area contributed by atoms with E-state index in [9.17, 15) is 4.79 Å². The van der Waals surface area contributed by atoms with Gasteiger partial charge in [0.25, 0.3) is 0 Å². The van der Waals surface area contributed by atoms with E-state index in [0.29, 0.717) is 5.92 Å². The Kier molecular flexibility index (Phi) is 44.4. The summed E-state index contributed by atoms with van der Waals surface area (Å²) in [6.45, 7) is 14.8. The minimum Gasteiger partial charge on any atom is -0.469 e. The van der Waals surface area contributed by atoms with Crippen LogP contribution in [0.2, 0.25) is 0 Å². The molecule has 2 unspecified atom stereocenters. The van der Waals surface area contributed by atoms with Crippen molar-refractivity contribution in [3.05, 3.63) is 70.8 Å². The van der Waals surface area contributed by atoms with Crippen molar-refractivity contribution in [1.29, 1.82) is 0 Å². The van der Waals surface area contributed by atoms with E-state index >= 15 is 0 Å². The van der Waals surface area contributed by atoms with E-state index < -0.39 is 0 Å². The molecule has 231 valence electrons. The predicted molar refractivity (Wildman–Crippen MR) is 181 cm³/mol. The van der Waals surface area contributed by atoms with Gasteiger partial charge in [-0.05, 0) is 80.0 Å². The number of esters is 1. The van der Waals surface area contributed by atoms with Crippen molar-refractivity contribution in [2.24, 2.45) is 5.41 Å². The molecule has 0 N–H and O–H groups in total. The van der Waals surface area contributed by atoms with Gasteiger partial charge in [0.2, 0.25) is 0 Å². The molecule has 0 spiro atoms. The standard InChI is InChI=1S/C12H16.C10H14.C7H14O2.7CH4.Y/c1-3-9(2)11-6-4-10-5-7-12(10)8-11;1-3-9(2)10-7-5-4-6-8-10;1-5-7(2,3)6(8)9-4;;;;;;;;/h4,6,8-9H,3,5,7H2,1-2H3;4-9H,3H2,1-2H3;5H2,1-4H3;7*1H4;. The molecule has 1 radical (unpaired) electrons. The zero-order chi connectivity index (χ0) is 23.4. The van der Waals surface area contributed by atoms with Gasteiger partial charge in [-0.2, -0.15) is 0 Å². The maximum absolute atomic E-state index is 10.8. The number of hydrogen-bond donors (Lipinski definition) is 0. The number of carbonyl (C=O) groups excluding carboxylic acids is 1. The molecule has 3 rings (SSSR count). The second-order valence-corrected chi connectivity index (χ2v) is 9.29. The fourth-order valence-electron chi connectivity index (χ4n) is 3.20. The van der Waals surface area contributed by atoms with Crippen LogP contribution in [-0.2, 0) is 55.1 Å². The Balaban J connectivity index is -0.0000000565. The van der Waals surface area contributed by atoms with Gasteiger partial charge in [-0.25, -0.2) is 0 Å². The van der Waals surface area contributed by atoms with Crippen LogP contribution < -0.4 is 0 Å². The molecule has 0 saturated carbocycles. The number of rotatable bonds is 6. The quantitative estimate of drug-likeness (QED) is 0.299. The monoisotopic (exact) mass is 625 g/mol. The van der Waals surface area contributed by atoms with Crippen molar-refractivity contribution in [1.82, 2.24) is 0 Å². The number of benzene rings is 2. The van der Waals surface area contributed by atoms with Crippen LogP contribution in [0, 0.1) is 5.41 Å². The van der Waals surface area contributed by atoms with E-state index in [-0.39, 0.29) is 96.1 Å². The number of methoxy groups -OCH3 is 1. The van der Waals surface area contributed by atoms with Crippen molar-refractivity contribution in [2.45, 2.75) is 144 Å². The Morgan fingerprint density at radius 2 is 1.18 bits per heavy atom. The summed E-state index contributed by atoms with van der Waals surface area (Å²) in [6.07, 6.45) is 5.90. The van der Waals surface area contributed by atoms with Gasteiger partial charge in [-0.1, -0.05) is 135 Å². The molecule has 1 aliphatic carbocycles. The summed E-state index contributed by atoms with van der Waals surface area (Å²) in [4.78, 5) is 10.8. The van der Waals surface area contributed by atoms with Gasteiger partial charge in [0.15, 0.2) is 0 Å². The van der Waals surface area contributed by atoms with Crippen LogP contribution in [0.4, 0.5) is 0 Å². The van der Waals surface area contributed by atoms with Crippen LogP contribution in [0.15, 0.2) is 48.5 Å². The Morgan fingerprint density at radius 1 is 0.744 bits per heavy atom. The first-order valence-electron chi connectivity index (χ1n) is 11.9. The second kappa shape index (κ2) is 30.0. The maximum atomic E-state index is 10.8. The second-order valence-electron chi connectivity index (χ2n) is 9.29. The minimum absolute atomic E-state index is 0. The average molecular weight is 626 g/mol. The number of ether oxygens (including phenoxy) is 1. The van der Waals surface area contributed by atoms with Crippen LogP contribution in [0.1, 0.15) is 154 Å². The Bertz CT molecular complexity index is 784. The smallest absolute Gasteiger partial charge is 0.311 e. The van der Waals surface area contributed by atoms with Crippen LogP contribution in [0.5, 0.6) is 0 Å². The van der Waals surface area contributed by atoms with E-state index in [2.05, 4.69) is 81.0 Å². The molecule has 2 atom stereocenters. The van der Waals surface area contributed by atoms with Crippen molar-refractivity contribution in [3.8, 4) is 0 Å². The Morgan fingerprint density at radius 3 is 1.49 bits per heavy atom. The number of carbonyl (C=O) groups is 1. The first-order valence-corrected chi connectivity index (χ1v) is 11.9. The molecule has 1 aliphatic rings. The summed E-state index contributed by atoms with van der Waals surface area (Å²) >= 11 is 0. The summed E-state index contributed by atoms with van der Waals surface area (Å²) in [5.41, 5.74) is 5.82. The average Bonchev–Trinajstić information content (AvgIpc) is 2.79. The van der Waals surface area contributed by atoms with E-state index in [4.69, 9.17) is 0 Å². The largest absolute Gasteiger partial charge is 0.469 e. The molecule has 0 aliphatic heterocycles. The van der Waals surface area contributed by atoms with Crippen LogP contribution in [0.3, 0.4) is 0 Å². The molecule has 39 heavy (non-hydrogen) atoms. The minimum atomic E-state index is -0.311. The summed E-state index contributed by atoms with van der Waals surface area (Å²) in [7, 11) is 1.42. The molecular weight excluding hydrogens is 553 g/mol. The fourth-order valence-corrected chi connectivity index (χ4v) is 3.20. The van der Waals surface area contributed by atoms with Crippen LogP contribution in [-0.4, -0.2) is 13.1 Å². The van der Waals surface area contributed by atoms with Crippen molar-refractivity contribution in [3.63, 3.8) is 0 Å². The molecule has 2 aromatic rings. The Labute approximate surface area is 274 Å². The summed E-state index contributed by atoms with van der Waals surface area (Å²) in [6, 6.07) is 17.6. The number of hydrogen-bond acceptors (Lipinski definition) is 2. The first kappa shape index (κ1) is 57.8. The molecule has 0 bridgehead atoms. The zero-order valence-corrected chi connectivity index (χ0v) is 24.5. The molecule has 2 aromatic carbocycles. The molecule has 0 saturated heterocycles. The third kappa shape index (κ3) is 19.7. The first-order chi connectivity index (χ1) is 14.7. The van der Waals surface area contributed by atoms with Gasteiger partial charge >= 0.3 is 5.97 Å². The van der Waals surface area contributed by atoms with E-state index in [0.717, 1.165) is 12.3 Å². The molecule has 0 amide bonds. The van der Waals surface area contributed by atoms with E-state index in [1.807, 2.05) is 20.8 Å². The molecule has 3 heteroatoms. The Hall–Kier alpha value is -0.986.